The van der Waals surface area contributed by atoms with Crippen molar-refractivity contribution in [1.82, 2.24) is 9.21 Å². The quantitative estimate of drug-likeness (QED) is 0.738. The SMILES string of the molecule is CCCOCC(=O)Nc1ccc(S(=O)(=O)N2CCN(C)CC2)cc1. The Morgan fingerprint density at radius 2 is 1.79 bits per heavy atom. The average Bonchev–Trinajstić information content (AvgIpc) is 2.56. The van der Waals surface area contributed by atoms with Gasteiger partial charge in [0.1, 0.15) is 6.61 Å². The van der Waals surface area contributed by atoms with Crippen LogP contribution in [0, 0.1) is 0 Å². The summed E-state index contributed by atoms with van der Waals surface area (Å²) >= 11 is 0. The first-order valence-electron chi connectivity index (χ1n) is 8.10. The third kappa shape index (κ3) is 5.01. The lowest BCUT2D eigenvalue weighted by molar-refractivity contribution is -0.120. The molecular weight excluding hydrogens is 330 g/mol. The third-order valence-corrected chi connectivity index (χ3v) is 5.73. The van der Waals surface area contributed by atoms with Crippen molar-refractivity contribution in [3.63, 3.8) is 0 Å². The van der Waals surface area contributed by atoms with Crippen LogP contribution in [-0.4, -0.2) is 70.0 Å². The molecule has 24 heavy (non-hydrogen) atoms. The van der Waals surface area contributed by atoms with Gasteiger partial charge in [-0.3, -0.25) is 4.79 Å². The van der Waals surface area contributed by atoms with Gasteiger partial charge in [0, 0.05) is 38.5 Å². The highest BCUT2D eigenvalue weighted by atomic mass is 32.2. The van der Waals surface area contributed by atoms with Gasteiger partial charge < -0.3 is 15.0 Å². The summed E-state index contributed by atoms with van der Waals surface area (Å²) in [5.74, 6) is -0.252. The lowest BCUT2D eigenvalue weighted by Crippen LogP contribution is -2.46. The summed E-state index contributed by atoms with van der Waals surface area (Å²) in [6.45, 7) is 4.94. The Bertz CT molecular complexity index is 638. The number of carbonyl (C=O) groups is 1. The number of nitrogens with zero attached hydrogens (tertiary/aromatic N) is 2. The molecule has 1 saturated heterocycles. The largest absolute Gasteiger partial charge is 0.372 e. The van der Waals surface area contributed by atoms with Crippen LogP contribution in [-0.2, 0) is 19.6 Å². The van der Waals surface area contributed by atoms with E-state index in [1.807, 2.05) is 14.0 Å². The van der Waals surface area contributed by atoms with Crippen molar-refractivity contribution >= 4 is 21.6 Å². The summed E-state index contributed by atoms with van der Waals surface area (Å²) in [6, 6.07) is 6.24. The summed E-state index contributed by atoms with van der Waals surface area (Å²) in [7, 11) is -1.50. The second kappa shape index (κ2) is 8.57. The van der Waals surface area contributed by atoms with Gasteiger partial charge >= 0.3 is 0 Å². The van der Waals surface area contributed by atoms with E-state index in [9.17, 15) is 13.2 Å². The van der Waals surface area contributed by atoms with Gasteiger partial charge in [0.15, 0.2) is 0 Å². The molecular formula is C16H25N3O4S. The van der Waals surface area contributed by atoms with Crippen molar-refractivity contribution < 1.29 is 17.9 Å². The van der Waals surface area contributed by atoms with E-state index in [4.69, 9.17) is 4.74 Å². The fourth-order valence-corrected chi connectivity index (χ4v) is 3.82. The minimum Gasteiger partial charge on any atom is -0.372 e. The van der Waals surface area contributed by atoms with Crippen LogP contribution in [0.25, 0.3) is 0 Å². The van der Waals surface area contributed by atoms with Crippen LogP contribution in [0.3, 0.4) is 0 Å². The molecule has 1 aliphatic rings. The Labute approximate surface area is 143 Å². The van der Waals surface area contributed by atoms with Gasteiger partial charge in [0.2, 0.25) is 15.9 Å². The molecule has 0 aromatic heterocycles. The van der Waals surface area contributed by atoms with Crippen molar-refractivity contribution in [3.8, 4) is 0 Å². The van der Waals surface area contributed by atoms with Crippen LogP contribution in [0.15, 0.2) is 29.2 Å². The normalized spacial score (nSPS) is 16.9. The van der Waals surface area contributed by atoms with Crippen LogP contribution >= 0.6 is 0 Å². The topological polar surface area (TPSA) is 78.9 Å². The van der Waals surface area contributed by atoms with E-state index in [0.29, 0.717) is 25.4 Å². The Balaban J connectivity index is 1.97. The number of amides is 1. The van der Waals surface area contributed by atoms with Gasteiger partial charge in [-0.05, 0) is 37.7 Å². The highest BCUT2D eigenvalue weighted by Gasteiger charge is 2.27. The predicted molar refractivity (Wildman–Crippen MR) is 92.4 cm³/mol. The molecule has 2 rings (SSSR count). The van der Waals surface area contributed by atoms with E-state index in [1.165, 1.54) is 16.4 Å². The number of piperazine rings is 1. The first-order valence-corrected chi connectivity index (χ1v) is 9.54. The molecule has 0 bridgehead atoms. The van der Waals surface area contributed by atoms with Gasteiger partial charge in [0.25, 0.3) is 0 Å². The highest BCUT2D eigenvalue weighted by molar-refractivity contribution is 7.89. The van der Waals surface area contributed by atoms with Gasteiger partial charge in [-0.2, -0.15) is 4.31 Å². The molecule has 1 N–H and O–H groups in total. The molecule has 0 spiro atoms. The molecule has 134 valence electrons. The van der Waals surface area contributed by atoms with Gasteiger partial charge in [0.05, 0.1) is 4.90 Å². The van der Waals surface area contributed by atoms with E-state index in [-0.39, 0.29) is 17.4 Å². The maximum atomic E-state index is 12.6. The lowest BCUT2D eigenvalue weighted by atomic mass is 10.3. The van der Waals surface area contributed by atoms with Crippen molar-refractivity contribution in [2.75, 3.05) is 51.8 Å². The zero-order valence-electron chi connectivity index (χ0n) is 14.2. The molecule has 7 nitrogen and oxygen atoms in total. The van der Waals surface area contributed by atoms with Crippen molar-refractivity contribution in [3.05, 3.63) is 24.3 Å². The minimum atomic E-state index is -3.48. The standard InChI is InChI=1S/C16H25N3O4S/c1-3-12-23-13-16(20)17-14-4-6-15(7-5-14)24(21,22)19-10-8-18(2)9-11-19/h4-7H,3,8-13H2,1-2H3,(H,17,20). The number of anilines is 1. The van der Waals surface area contributed by atoms with Crippen LogP contribution in [0.5, 0.6) is 0 Å². The lowest BCUT2D eigenvalue weighted by Gasteiger charge is -2.31. The number of benzene rings is 1. The summed E-state index contributed by atoms with van der Waals surface area (Å²) in [4.78, 5) is 14.0. The molecule has 1 heterocycles. The fraction of sp³-hybridized carbons (Fsp3) is 0.562. The minimum absolute atomic E-state index is 0.00478. The van der Waals surface area contributed by atoms with E-state index in [2.05, 4.69) is 10.2 Å². The Hall–Kier alpha value is -1.48. The first kappa shape index (κ1) is 18.9. The Kier molecular flexibility index (Phi) is 6.73. The van der Waals surface area contributed by atoms with Gasteiger partial charge in [-0.15, -0.1) is 0 Å². The van der Waals surface area contributed by atoms with Crippen LogP contribution < -0.4 is 5.32 Å². The van der Waals surface area contributed by atoms with E-state index in [1.54, 1.807) is 12.1 Å². The molecule has 0 radical (unpaired) electrons. The number of ether oxygens (including phenoxy) is 1. The predicted octanol–water partition coefficient (Wildman–Crippen LogP) is 0.988. The molecule has 0 saturated carbocycles. The zero-order valence-corrected chi connectivity index (χ0v) is 15.0. The smallest absolute Gasteiger partial charge is 0.250 e. The molecule has 1 fully saturated rings. The number of carbonyl (C=O) groups excluding carboxylic acids is 1. The molecule has 1 aromatic rings. The van der Waals surface area contributed by atoms with E-state index < -0.39 is 10.0 Å². The van der Waals surface area contributed by atoms with Crippen molar-refractivity contribution in [2.45, 2.75) is 18.2 Å². The molecule has 1 aromatic carbocycles. The van der Waals surface area contributed by atoms with Crippen LogP contribution in [0.2, 0.25) is 0 Å². The molecule has 0 unspecified atom stereocenters. The number of nitrogens with one attached hydrogen (secondary N) is 1. The summed E-state index contributed by atoms with van der Waals surface area (Å²) in [5, 5.41) is 2.69. The zero-order chi connectivity index (χ0) is 17.6. The molecule has 1 aliphatic heterocycles. The third-order valence-electron chi connectivity index (χ3n) is 3.82. The number of likely N-dealkylation sites (N-methyl/N-ethyl adjacent to an activating group) is 1. The molecule has 8 heteroatoms. The summed E-state index contributed by atoms with van der Waals surface area (Å²) < 4.78 is 31.9. The Morgan fingerprint density at radius 3 is 2.38 bits per heavy atom. The molecule has 1 amide bonds. The van der Waals surface area contributed by atoms with Crippen LogP contribution in [0.4, 0.5) is 5.69 Å². The van der Waals surface area contributed by atoms with Crippen molar-refractivity contribution in [2.24, 2.45) is 0 Å². The summed E-state index contributed by atoms with van der Waals surface area (Å²) in [6.07, 6.45) is 0.853. The maximum absolute atomic E-state index is 12.6. The van der Waals surface area contributed by atoms with Gasteiger partial charge in [-0.25, -0.2) is 8.42 Å². The highest BCUT2D eigenvalue weighted by Crippen LogP contribution is 2.19. The fourth-order valence-electron chi connectivity index (χ4n) is 2.39. The number of rotatable bonds is 7. The molecule has 0 atom stereocenters. The first-order chi connectivity index (χ1) is 11.4. The number of hydrogen-bond acceptors (Lipinski definition) is 5. The van der Waals surface area contributed by atoms with Crippen LogP contribution in [0.1, 0.15) is 13.3 Å². The monoisotopic (exact) mass is 355 g/mol. The number of sulfonamides is 1. The van der Waals surface area contributed by atoms with Crippen molar-refractivity contribution in [1.29, 1.82) is 0 Å². The Morgan fingerprint density at radius 1 is 1.17 bits per heavy atom. The summed E-state index contributed by atoms with van der Waals surface area (Å²) in [5.41, 5.74) is 0.553. The molecule has 0 aliphatic carbocycles. The van der Waals surface area contributed by atoms with E-state index in [0.717, 1.165) is 19.5 Å². The average molecular weight is 355 g/mol. The second-order valence-electron chi connectivity index (χ2n) is 5.83. The number of hydrogen-bond donors (Lipinski definition) is 1. The van der Waals surface area contributed by atoms with E-state index >= 15 is 0 Å². The second-order valence-corrected chi connectivity index (χ2v) is 7.77. The maximum Gasteiger partial charge on any atom is 0.250 e. The van der Waals surface area contributed by atoms with Gasteiger partial charge in [-0.1, -0.05) is 6.92 Å².